The number of rotatable bonds is 5. The van der Waals surface area contributed by atoms with Gasteiger partial charge in [0.05, 0.1) is 17.6 Å². The normalized spacial score (nSPS) is 15.1. The minimum atomic E-state index is -0.508. The SMILES string of the molecule is Cc1ccncc1-c1cc2cc(NC(=O)C=C3CC(Nc4cnn(C)c4)C3)ncc2c(N)c1F. The number of benzene rings is 1. The van der Waals surface area contributed by atoms with Crippen LogP contribution in [-0.4, -0.2) is 31.7 Å². The molecule has 5 rings (SSSR count). The van der Waals surface area contributed by atoms with Gasteiger partial charge >= 0.3 is 0 Å². The van der Waals surface area contributed by atoms with Gasteiger partial charge in [-0.3, -0.25) is 14.5 Å². The Labute approximate surface area is 195 Å². The summed E-state index contributed by atoms with van der Waals surface area (Å²) in [6.45, 7) is 1.89. The van der Waals surface area contributed by atoms with Crippen molar-refractivity contribution in [1.29, 1.82) is 0 Å². The molecule has 1 aromatic carbocycles. The van der Waals surface area contributed by atoms with Gasteiger partial charge in [0.2, 0.25) is 5.91 Å². The molecule has 8 nitrogen and oxygen atoms in total. The van der Waals surface area contributed by atoms with Gasteiger partial charge in [0.25, 0.3) is 0 Å². The summed E-state index contributed by atoms with van der Waals surface area (Å²) in [4.78, 5) is 20.9. The van der Waals surface area contributed by atoms with Crippen LogP contribution in [0.25, 0.3) is 21.9 Å². The summed E-state index contributed by atoms with van der Waals surface area (Å²) in [5.74, 6) is -0.384. The molecule has 0 saturated heterocycles. The second-order valence-corrected chi connectivity index (χ2v) is 8.58. The van der Waals surface area contributed by atoms with E-state index in [1.54, 1.807) is 41.5 Å². The molecule has 3 aromatic heterocycles. The number of nitrogens with one attached hydrogen (secondary N) is 2. The van der Waals surface area contributed by atoms with Gasteiger partial charge in [-0.25, -0.2) is 9.37 Å². The second-order valence-electron chi connectivity index (χ2n) is 8.58. The quantitative estimate of drug-likeness (QED) is 0.306. The zero-order chi connectivity index (χ0) is 23.8. The van der Waals surface area contributed by atoms with E-state index in [1.165, 1.54) is 6.20 Å². The third-order valence-corrected chi connectivity index (χ3v) is 6.01. The molecule has 9 heteroatoms. The highest BCUT2D eigenvalue weighted by Crippen LogP contribution is 2.35. The van der Waals surface area contributed by atoms with Gasteiger partial charge in [-0.1, -0.05) is 5.57 Å². The molecule has 1 aliphatic rings. The number of aryl methyl sites for hydroxylation is 2. The van der Waals surface area contributed by atoms with Crippen molar-refractivity contribution in [1.82, 2.24) is 19.7 Å². The van der Waals surface area contributed by atoms with E-state index in [0.29, 0.717) is 27.7 Å². The fourth-order valence-electron chi connectivity index (χ4n) is 4.18. The van der Waals surface area contributed by atoms with E-state index in [-0.39, 0.29) is 17.6 Å². The predicted octanol–water partition coefficient (Wildman–Crippen LogP) is 4.20. The lowest BCUT2D eigenvalue weighted by atomic mass is 9.86. The number of nitrogens with two attached hydrogens (primary N) is 1. The van der Waals surface area contributed by atoms with Gasteiger partial charge in [0.15, 0.2) is 5.82 Å². The van der Waals surface area contributed by atoms with Gasteiger partial charge < -0.3 is 16.4 Å². The molecule has 1 fully saturated rings. The number of anilines is 3. The van der Waals surface area contributed by atoms with Gasteiger partial charge in [0.1, 0.15) is 5.82 Å². The predicted molar refractivity (Wildman–Crippen MR) is 131 cm³/mol. The van der Waals surface area contributed by atoms with Crippen molar-refractivity contribution >= 4 is 33.9 Å². The number of nitrogens with zero attached hydrogens (tertiary/aromatic N) is 4. The number of pyridine rings is 2. The van der Waals surface area contributed by atoms with Gasteiger partial charge in [-0.15, -0.1) is 0 Å². The monoisotopic (exact) mass is 457 g/mol. The molecule has 0 atom stereocenters. The van der Waals surface area contributed by atoms with Crippen molar-refractivity contribution in [3.05, 3.63) is 72.2 Å². The van der Waals surface area contributed by atoms with E-state index < -0.39 is 5.82 Å². The van der Waals surface area contributed by atoms with Crippen molar-refractivity contribution in [2.75, 3.05) is 16.4 Å². The first-order valence-electron chi connectivity index (χ1n) is 10.9. The molecule has 34 heavy (non-hydrogen) atoms. The maximum absolute atomic E-state index is 15.0. The van der Waals surface area contributed by atoms with E-state index >= 15 is 0 Å². The fourth-order valence-corrected chi connectivity index (χ4v) is 4.18. The Bertz CT molecular complexity index is 1430. The Morgan fingerprint density at radius 2 is 2.06 bits per heavy atom. The smallest absolute Gasteiger partial charge is 0.249 e. The Balaban J connectivity index is 1.31. The molecule has 0 aliphatic heterocycles. The lowest BCUT2D eigenvalue weighted by Crippen LogP contribution is -2.30. The summed E-state index contributed by atoms with van der Waals surface area (Å²) in [5, 5.41) is 11.5. The Kier molecular flexibility index (Phi) is 5.45. The number of fused-ring (bicyclic) bond motifs is 1. The van der Waals surface area contributed by atoms with Crippen LogP contribution in [0.3, 0.4) is 0 Å². The first kappa shape index (κ1) is 21.6. The second kappa shape index (κ2) is 8.58. The van der Waals surface area contributed by atoms with Crippen LogP contribution in [0.4, 0.5) is 21.6 Å². The molecular weight excluding hydrogens is 433 g/mol. The number of carbonyl (C=O) groups is 1. The van der Waals surface area contributed by atoms with Crippen molar-refractivity contribution in [2.45, 2.75) is 25.8 Å². The highest BCUT2D eigenvalue weighted by Gasteiger charge is 2.24. The minimum Gasteiger partial charge on any atom is -0.396 e. The molecule has 172 valence electrons. The first-order valence-corrected chi connectivity index (χ1v) is 10.9. The van der Waals surface area contributed by atoms with E-state index in [4.69, 9.17) is 5.73 Å². The average Bonchev–Trinajstić information content (AvgIpc) is 3.20. The van der Waals surface area contributed by atoms with Crippen molar-refractivity contribution < 1.29 is 9.18 Å². The standard InChI is InChI=1S/C25H24FN7O/c1-14-3-4-28-11-20(14)19-8-16-9-22(29-12-21(16)25(27)24(19)26)32-23(34)7-15-5-17(6-15)31-18-10-30-33(2)13-18/h3-4,7-13,17,31H,5-6,27H2,1-2H3,(H,29,32,34). The zero-order valence-electron chi connectivity index (χ0n) is 18.8. The fraction of sp³-hybridized carbons (Fsp3) is 0.200. The molecule has 1 saturated carbocycles. The van der Waals surface area contributed by atoms with Crippen molar-refractivity contribution in [3.63, 3.8) is 0 Å². The van der Waals surface area contributed by atoms with Crippen LogP contribution in [0.1, 0.15) is 18.4 Å². The van der Waals surface area contributed by atoms with E-state index in [2.05, 4.69) is 25.7 Å². The first-order chi connectivity index (χ1) is 16.4. The summed E-state index contributed by atoms with van der Waals surface area (Å²) >= 11 is 0. The third kappa shape index (κ3) is 4.19. The largest absolute Gasteiger partial charge is 0.396 e. The van der Waals surface area contributed by atoms with E-state index in [9.17, 15) is 9.18 Å². The average molecular weight is 458 g/mol. The minimum absolute atomic E-state index is 0.0184. The number of hydrogen-bond acceptors (Lipinski definition) is 6. The summed E-state index contributed by atoms with van der Waals surface area (Å²) in [5.41, 5.74) is 10.0. The number of hydrogen-bond donors (Lipinski definition) is 3. The van der Waals surface area contributed by atoms with Crippen molar-refractivity contribution in [3.8, 4) is 11.1 Å². The summed E-state index contributed by atoms with van der Waals surface area (Å²) in [7, 11) is 1.87. The number of carbonyl (C=O) groups excluding carboxylic acids is 1. The molecule has 0 spiro atoms. The number of halogens is 1. The molecule has 4 N–H and O–H groups in total. The van der Waals surface area contributed by atoms with Crippen molar-refractivity contribution in [2.24, 2.45) is 7.05 Å². The van der Waals surface area contributed by atoms with E-state index in [1.807, 2.05) is 26.2 Å². The molecule has 4 aromatic rings. The summed E-state index contributed by atoms with van der Waals surface area (Å²) < 4.78 is 16.7. The Hall–Kier alpha value is -4.27. The summed E-state index contributed by atoms with van der Waals surface area (Å²) in [6.07, 6.45) is 11.6. The van der Waals surface area contributed by atoms with Crippen LogP contribution in [-0.2, 0) is 11.8 Å². The number of amides is 1. The van der Waals surface area contributed by atoms with Gasteiger partial charge in [-0.2, -0.15) is 5.10 Å². The maximum atomic E-state index is 15.0. The van der Waals surface area contributed by atoms with Gasteiger partial charge in [-0.05, 0) is 48.9 Å². The molecule has 1 amide bonds. The van der Waals surface area contributed by atoms with Crippen LogP contribution in [0.15, 0.2) is 60.8 Å². The molecular formula is C25H24FN7O. The Morgan fingerprint density at radius 3 is 2.79 bits per heavy atom. The number of nitrogen functional groups attached to an aromatic ring is 1. The molecule has 0 radical (unpaired) electrons. The lowest BCUT2D eigenvalue weighted by Gasteiger charge is -2.30. The maximum Gasteiger partial charge on any atom is 0.249 e. The Morgan fingerprint density at radius 1 is 1.24 bits per heavy atom. The summed E-state index contributed by atoms with van der Waals surface area (Å²) in [6, 6.07) is 5.51. The highest BCUT2D eigenvalue weighted by atomic mass is 19.1. The molecule has 0 unspecified atom stereocenters. The molecule has 3 heterocycles. The lowest BCUT2D eigenvalue weighted by molar-refractivity contribution is -0.112. The van der Waals surface area contributed by atoms with Crippen LogP contribution in [0.5, 0.6) is 0 Å². The highest BCUT2D eigenvalue weighted by molar-refractivity contribution is 6.02. The topological polar surface area (TPSA) is 111 Å². The third-order valence-electron chi connectivity index (χ3n) is 6.01. The van der Waals surface area contributed by atoms with Gasteiger partial charge in [0, 0.05) is 60.5 Å². The number of aromatic nitrogens is 4. The van der Waals surface area contributed by atoms with Crippen LogP contribution < -0.4 is 16.4 Å². The van der Waals surface area contributed by atoms with Crippen LogP contribution in [0, 0.1) is 12.7 Å². The zero-order valence-corrected chi connectivity index (χ0v) is 18.8. The van der Waals surface area contributed by atoms with E-state index in [0.717, 1.165) is 29.7 Å². The molecule has 0 bridgehead atoms. The molecule has 1 aliphatic carbocycles. The van der Waals surface area contributed by atoms with Crippen LogP contribution >= 0.6 is 0 Å². The van der Waals surface area contributed by atoms with Crippen LogP contribution in [0.2, 0.25) is 0 Å².